The Hall–Kier alpha value is -1.52. The monoisotopic (exact) mass is 217 g/mol. The average Bonchev–Trinajstić information content (AvgIpc) is 2.06. The van der Waals surface area contributed by atoms with E-state index in [0.29, 0.717) is 5.56 Å². The van der Waals surface area contributed by atoms with Crippen molar-refractivity contribution >= 4 is 11.6 Å². The fraction of sp³-hybridized carbons (Fsp3) is 0.300. The SMILES string of the molecule is CC(=O)Nc1cc(C(F)(F)F)ccc1C. The lowest BCUT2D eigenvalue weighted by molar-refractivity contribution is -0.137. The first-order valence-corrected chi connectivity index (χ1v) is 4.26. The molecule has 1 rings (SSSR count). The number of halogens is 3. The molecule has 0 heterocycles. The highest BCUT2D eigenvalue weighted by molar-refractivity contribution is 5.89. The lowest BCUT2D eigenvalue weighted by Crippen LogP contribution is -2.10. The van der Waals surface area contributed by atoms with Crippen LogP contribution in [-0.2, 0) is 11.0 Å². The second kappa shape index (κ2) is 3.92. The molecule has 0 aliphatic heterocycles. The summed E-state index contributed by atoms with van der Waals surface area (Å²) in [5.41, 5.74) is 0.0207. The summed E-state index contributed by atoms with van der Waals surface area (Å²) in [5.74, 6) is -0.391. The highest BCUT2D eigenvalue weighted by Gasteiger charge is 2.30. The quantitative estimate of drug-likeness (QED) is 0.769. The van der Waals surface area contributed by atoms with Gasteiger partial charge in [-0.2, -0.15) is 13.2 Å². The van der Waals surface area contributed by atoms with Crippen molar-refractivity contribution in [2.24, 2.45) is 0 Å². The van der Waals surface area contributed by atoms with Gasteiger partial charge in [0.15, 0.2) is 0 Å². The number of hydrogen-bond acceptors (Lipinski definition) is 1. The minimum Gasteiger partial charge on any atom is -0.326 e. The summed E-state index contributed by atoms with van der Waals surface area (Å²) in [6.07, 6.45) is -4.39. The van der Waals surface area contributed by atoms with E-state index < -0.39 is 17.6 Å². The standard InChI is InChI=1S/C10H10F3NO/c1-6-3-4-8(10(11,12)13)5-9(6)14-7(2)15/h3-5H,1-2H3,(H,14,15). The molecular formula is C10H10F3NO. The van der Waals surface area contributed by atoms with Gasteiger partial charge in [-0.05, 0) is 24.6 Å². The van der Waals surface area contributed by atoms with Crippen molar-refractivity contribution in [1.82, 2.24) is 0 Å². The lowest BCUT2D eigenvalue weighted by Gasteiger charge is -2.11. The molecule has 15 heavy (non-hydrogen) atoms. The van der Waals surface area contributed by atoms with Gasteiger partial charge in [0.2, 0.25) is 5.91 Å². The number of benzene rings is 1. The van der Waals surface area contributed by atoms with Crippen LogP contribution >= 0.6 is 0 Å². The molecule has 2 nitrogen and oxygen atoms in total. The predicted octanol–water partition coefficient (Wildman–Crippen LogP) is 2.97. The second-order valence-electron chi connectivity index (χ2n) is 3.21. The number of amides is 1. The van der Waals surface area contributed by atoms with E-state index in [9.17, 15) is 18.0 Å². The Morgan fingerprint density at radius 1 is 1.33 bits per heavy atom. The predicted molar refractivity (Wildman–Crippen MR) is 50.5 cm³/mol. The van der Waals surface area contributed by atoms with Gasteiger partial charge in [0, 0.05) is 12.6 Å². The number of aryl methyl sites for hydroxylation is 1. The first-order chi connectivity index (χ1) is 6.80. The summed E-state index contributed by atoms with van der Waals surface area (Å²) in [6.45, 7) is 2.88. The fourth-order valence-electron chi connectivity index (χ4n) is 1.12. The number of rotatable bonds is 1. The van der Waals surface area contributed by atoms with E-state index in [4.69, 9.17) is 0 Å². The summed E-state index contributed by atoms with van der Waals surface area (Å²) < 4.78 is 37.0. The fourth-order valence-corrected chi connectivity index (χ4v) is 1.12. The van der Waals surface area contributed by atoms with Crippen molar-refractivity contribution in [2.45, 2.75) is 20.0 Å². The molecular weight excluding hydrogens is 207 g/mol. The number of anilines is 1. The Morgan fingerprint density at radius 3 is 2.40 bits per heavy atom. The molecule has 0 saturated carbocycles. The third-order valence-electron chi connectivity index (χ3n) is 1.88. The van der Waals surface area contributed by atoms with Crippen molar-refractivity contribution in [2.75, 3.05) is 5.32 Å². The molecule has 1 amide bonds. The number of hydrogen-bond donors (Lipinski definition) is 1. The molecule has 0 aliphatic carbocycles. The van der Waals surface area contributed by atoms with E-state index in [0.717, 1.165) is 12.1 Å². The van der Waals surface area contributed by atoms with Gasteiger partial charge in [-0.3, -0.25) is 4.79 Å². The molecule has 0 saturated heterocycles. The molecule has 1 aromatic carbocycles. The van der Waals surface area contributed by atoms with Crippen LogP contribution in [0, 0.1) is 6.92 Å². The topological polar surface area (TPSA) is 29.1 Å². The minimum absolute atomic E-state index is 0.192. The van der Waals surface area contributed by atoms with Crippen molar-refractivity contribution < 1.29 is 18.0 Å². The van der Waals surface area contributed by atoms with Crippen LogP contribution in [0.4, 0.5) is 18.9 Å². The molecule has 0 fully saturated rings. The van der Waals surface area contributed by atoms with E-state index in [-0.39, 0.29) is 5.69 Å². The number of alkyl halides is 3. The van der Waals surface area contributed by atoms with Gasteiger partial charge in [0.25, 0.3) is 0 Å². The number of carbonyl (C=O) groups excluding carboxylic acids is 1. The zero-order valence-corrected chi connectivity index (χ0v) is 8.27. The maximum atomic E-state index is 12.3. The maximum absolute atomic E-state index is 12.3. The van der Waals surface area contributed by atoms with Gasteiger partial charge in [-0.15, -0.1) is 0 Å². The third kappa shape index (κ3) is 2.97. The van der Waals surface area contributed by atoms with Crippen molar-refractivity contribution in [3.8, 4) is 0 Å². The number of carbonyl (C=O) groups is 1. The van der Waals surface area contributed by atoms with Crippen LogP contribution < -0.4 is 5.32 Å². The molecule has 0 radical (unpaired) electrons. The molecule has 0 spiro atoms. The normalized spacial score (nSPS) is 11.3. The second-order valence-corrected chi connectivity index (χ2v) is 3.21. The van der Waals surface area contributed by atoms with Gasteiger partial charge >= 0.3 is 6.18 Å². The highest BCUT2D eigenvalue weighted by atomic mass is 19.4. The average molecular weight is 217 g/mol. The van der Waals surface area contributed by atoms with Crippen LogP contribution in [0.15, 0.2) is 18.2 Å². The van der Waals surface area contributed by atoms with Crippen LogP contribution in [0.5, 0.6) is 0 Å². The Morgan fingerprint density at radius 2 is 1.93 bits per heavy atom. The first-order valence-electron chi connectivity index (χ1n) is 4.26. The Labute approximate surface area is 85.1 Å². The van der Waals surface area contributed by atoms with E-state index in [1.165, 1.54) is 13.0 Å². The van der Waals surface area contributed by atoms with Crippen LogP contribution in [0.25, 0.3) is 0 Å². The lowest BCUT2D eigenvalue weighted by atomic mass is 10.1. The molecule has 1 N–H and O–H groups in total. The van der Waals surface area contributed by atoms with Crippen LogP contribution in [0.1, 0.15) is 18.1 Å². The molecule has 0 aromatic heterocycles. The van der Waals surface area contributed by atoms with E-state index in [1.807, 2.05) is 0 Å². The van der Waals surface area contributed by atoms with Gasteiger partial charge in [-0.25, -0.2) is 0 Å². The minimum atomic E-state index is -4.39. The summed E-state index contributed by atoms with van der Waals surface area (Å²) in [6, 6.07) is 3.24. The smallest absolute Gasteiger partial charge is 0.326 e. The van der Waals surface area contributed by atoms with Crippen LogP contribution in [0.2, 0.25) is 0 Å². The zero-order chi connectivity index (χ0) is 11.6. The first kappa shape index (κ1) is 11.6. The Balaban J connectivity index is 3.11. The maximum Gasteiger partial charge on any atom is 0.416 e. The molecule has 1 aromatic rings. The highest BCUT2D eigenvalue weighted by Crippen LogP contribution is 2.31. The zero-order valence-electron chi connectivity index (χ0n) is 8.27. The van der Waals surface area contributed by atoms with Crippen LogP contribution in [-0.4, -0.2) is 5.91 Å². The molecule has 0 unspecified atom stereocenters. The number of nitrogens with one attached hydrogen (secondary N) is 1. The van der Waals surface area contributed by atoms with E-state index in [2.05, 4.69) is 5.32 Å². The Kier molecular flexibility index (Phi) is 3.02. The van der Waals surface area contributed by atoms with Gasteiger partial charge in [-0.1, -0.05) is 6.07 Å². The van der Waals surface area contributed by atoms with Gasteiger partial charge in [0.05, 0.1) is 5.56 Å². The summed E-state index contributed by atoms with van der Waals surface area (Å²) >= 11 is 0. The molecule has 0 aliphatic rings. The Bertz CT molecular complexity index is 385. The summed E-state index contributed by atoms with van der Waals surface area (Å²) in [7, 11) is 0. The summed E-state index contributed by atoms with van der Waals surface area (Å²) in [5, 5.41) is 2.35. The summed E-state index contributed by atoms with van der Waals surface area (Å²) in [4.78, 5) is 10.7. The van der Waals surface area contributed by atoms with E-state index in [1.54, 1.807) is 6.92 Å². The molecule has 0 bridgehead atoms. The van der Waals surface area contributed by atoms with E-state index >= 15 is 0 Å². The van der Waals surface area contributed by atoms with Gasteiger partial charge in [0.1, 0.15) is 0 Å². The van der Waals surface area contributed by atoms with Crippen molar-refractivity contribution in [3.63, 3.8) is 0 Å². The van der Waals surface area contributed by atoms with Crippen molar-refractivity contribution in [3.05, 3.63) is 29.3 Å². The molecule has 0 atom stereocenters. The third-order valence-corrected chi connectivity index (χ3v) is 1.88. The van der Waals surface area contributed by atoms with Gasteiger partial charge < -0.3 is 5.32 Å². The molecule has 5 heteroatoms. The largest absolute Gasteiger partial charge is 0.416 e. The van der Waals surface area contributed by atoms with Crippen LogP contribution in [0.3, 0.4) is 0 Å². The van der Waals surface area contributed by atoms with Crippen molar-refractivity contribution in [1.29, 1.82) is 0 Å². The molecule has 82 valence electrons.